The van der Waals surface area contributed by atoms with Gasteiger partial charge in [0.2, 0.25) is 0 Å². The maximum atomic E-state index is 13.6. The van der Waals surface area contributed by atoms with Crippen molar-refractivity contribution >= 4 is 5.97 Å². The molecule has 0 radical (unpaired) electrons. The lowest BCUT2D eigenvalue weighted by Gasteiger charge is -2.48. The molecule has 5 aromatic rings. The summed E-state index contributed by atoms with van der Waals surface area (Å²) in [7, 11) is 0. The molecule has 65 heavy (non-hydrogen) atoms. The van der Waals surface area contributed by atoms with Crippen molar-refractivity contribution in [3.05, 3.63) is 179 Å². The van der Waals surface area contributed by atoms with E-state index in [0.29, 0.717) is 16.7 Å². The van der Waals surface area contributed by atoms with Gasteiger partial charge in [0.05, 0.1) is 18.8 Å². The van der Waals surface area contributed by atoms with Crippen molar-refractivity contribution in [3.8, 4) is 0 Å². The Balaban J connectivity index is 1.02. The van der Waals surface area contributed by atoms with Crippen LogP contribution >= 0.6 is 0 Å². The van der Waals surface area contributed by atoms with Crippen LogP contribution in [0.25, 0.3) is 0 Å². The fourth-order valence-electron chi connectivity index (χ4n) is 9.00. The van der Waals surface area contributed by atoms with Gasteiger partial charge in [-0.1, -0.05) is 140 Å². The van der Waals surface area contributed by atoms with E-state index in [1.165, 1.54) is 0 Å². The lowest BCUT2D eigenvalue weighted by Crippen LogP contribution is -2.65. The number of carbonyl (C=O) groups excluding carboxylic acids is 1. The molecule has 0 amide bonds. The van der Waals surface area contributed by atoms with Gasteiger partial charge in [0, 0.05) is 29.9 Å². The standard InChI is InChI=1S/C51H52O14/c1-3-56-50(36-26-16-8-17-27-36)62-42-41(38(31-53-46(52)34-22-12-6-13-23-34)58-48(44(42)64-50)54-30-33-20-10-5-11-21-33)61-49-45-43(63-51(65-45,57-4-2)37-28-18-9-19-29-37)40-39(59-49)32-55-47(60-40)35-24-14-7-15-25-35/h5-29,38-45,47-49H,3-4,30-32H2,1-2H3/t38-,39-,40-,41-,42+,43+,44+,45+,47-,48-,49+,50?,51?/m1/s1. The molecule has 14 heteroatoms. The van der Waals surface area contributed by atoms with Gasteiger partial charge < -0.3 is 61.6 Å². The zero-order valence-electron chi connectivity index (χ0n) is 36.0. The summed E-state index contributed by atoms with van der Waals surface area (Å²) in [5.41, 5.74) is 3.38. The molecule has 13 atom stereocenters. The number of carbonyl (C=O) groups is 1. The molecule has 14 nitrogen and oxygen atoms in total. The summed E-state index contributed by atoms with van der Waals surface area (Å²) in [6.07, 6.45) is -9.92. The van der Waals surface area contributed by atoms with Crippen LogP contribution in [0, 0.1) is 0 Å². The first kappa shape index (κ1) is 44.0. The number of rotatable bonds is 15. The van der Waals surface area contributed by atoms with E-state index >= 15 is 0 Å². The number of hydrogen-bond donors (Lipinski definition) is 0. The highest BCUT2D eigenvalue weighted by atomic mass is 16.9. The molecule has 340 valence electrons. The highest BCUT2D eigenvalue weighted by Gasteiger charge is 2.65. The number of hydrogen-bond acceptors (Lipinski definition) is 14. The van der Waals surface area contributed by atoms with Gasteiger partial charge in [0.1, 0.15) is 55.4 Å². The predicted octanol–water partition coefficient (Wildman–Crippen LogP) is 7.27. The molecule has 0 aromatic heterocycles. The van der Waals surface area contributed by atoms with Gasteiger partial charge >= 0.3 is 17.9 Å². The Labute approximate surface area is 377 Å². The maximum absolute atomic E-state index is 13.6. The van der Waals surface area contributed by atoms with Gasteiger partial charge in [-0.3, -0.25) is 0 Å². The molecule has 0 spiro atoms. The van der Waals surface area contributed by atoms with Gasteiger partial charge in [-0.2, -0.15) is 0 Å². The minimum Gasteiger partial charge on any atom is -0.459 e. The van der Waals surface area contributed by atoms with Crippen LogP contribution in [0.5, 0.6) is 0 Å². The van der Waals surface area contributed by atoms with Crippen LogP contribution in [0.4, 0.5) is 0 Å². The van der Waals surface area contributed by atoms with Crippen molar-refractivity contribution in [2.45, 2.75) is 100 Å². The molecule has 5 aliphatic rings. The van der Waals surface area contributed by atoms with Gasteiger partial charge in [0.15, 0.2) is 18.9 Å². The highest BCUT2D eigenvalue weighted by molar-refractivity contribution is 5.89. The zero-order valence-corrected chi connectivity index (χ0v) is 36.0. The first-order valence-corrected chi connectivity index (χ1v) is 22.2. The Morgan fingerprint density at radius 3 is 1.74 bits per heavy atom. The average molecular weight is 889 g/mol. The van der Waals surface area contributed by atoms with E-state index in [1.54, 1.807) is 24.3 Å². The lowest BCUT2D eigenvalue weighted by atomic mass is 9.96. The fraction of sp³-hybridized carbons (Fsp3) is 0.392. The normalized spacial score (nSPS) is 34.0. The number of benzene rings is 5. The van der Waals surface area contributed by atoms with E-state index in [-0.39, 0.29) is 33.0 Å². The van der Waals surface area contributed by atoms with Crippen LogP contribution < -0.4 is 0 Å². The molecule has 0 aliphatic carbocycles. The molecule has 0 saturated carbocycles. The summed E-state index contributed by atoms with van der Waals surface area (Å²) in [5.74, 6) is -3.89. The molecular weight excluding hydrogens is 837 g/mol. The third kappa shape index (κ3) is 9.02. The largest absolute Gasteiger partial charge is 0.459 e. The molecule has 5 aromatic carbocycles. The first-order chi connectivity index (χ1) is 32.0. The average Bonchev–Trinajstić information content (AvgIpc) is 3.96. The van der Waals surface area contributed by atoms with Crippen LogP contribution in [0.3, 0.4) is 0 Å². The molecule has 0 N–H and O–H groups in total. The molecular formula is C51H52O14. The highest BCUT2D eigenvalue weighted by Crippen LogP contribution is 2.50. The van der Waals surface area contributed by atoms with Crippen LogP contribution in [-0.2, 0) is 80.1 Å². The van der Waals surface area contributed by atoms with Crippen LogP contribution in [0.2, 0.25) is 0 Å². The molecule has 5 aliphatic heterocycles. The second-order valence-electron chi connectivity index (χ2n) is 16.2. The van der Waals surface area contributed by atoms with Crippen molar-refractivity contribution in [1.82, 2.24) is 0 Å². The summed E-state index contributed by atoms with van der Waals surface area (Å²) < 4.78 is 86.8. The maximum Gasteiger partial charge on any atom is 0.338 e. The van der Waals surface area contributed by atoms with Crippen molar-refractivity contribution in [3.63, 3.8) is 0 Å². The van der Waals surface area contributed by atoms with E-state index in [9.17, 15) is 4.79 Å². The van der Waals surface area contributed by atoms with Gasteiger partial charge in [-0.25, -0.2) is 4.79 Å². The molecule has 2 unspecified atom stereocenters. The monoisotopic (exact) mass is 888 g/mol. The Morgan fingerprint density at radius 1 is 0.585 bits per heavy atom. The van der Waals surface area contributed by atoms with E-state index in [4.69, 9.17) is 61.6 Å². The molecule has 5 saturated heterocycles. The van der Waals surface area contributed by atoms with Crippen LogP contribution in [-0.4, -0.2) is 93.8 Å². The zero-order chi connectivity index (χ0) is 44.2. The second kappa shape index (κ2) is 19.5. The van der Waals surface area contributed by atoms with Gasteiger partial charge in [0.25, 0.3) is 0 Å². The van der Waals surface area contributed by atoms with Crippen molar-refractivity contribution in [1.29, 1.82) is 0 Å². The smallest absolute Gasteiger partial charge is 0.338 e. The lowest BCUT2D eigenvalue weighted by molar-refractivity contribution is -0.374. The second-order valence-corrected chi connectivity index (χ2v) is 16.2. The summed E-state index contributed by atoms with van der Waals surface area (Å²) in [6.45, 7) is 4.29. The summed E-state index contributed by atoms with van der Waals surface area (Å²) in [6, 6.07) is 47.0. The molecule has 5 fully saturated rings. The molecule has 5 heterocycles. The van der Waals surface area contributed by atoms with Crippen molar-refractivity contribution in [2.75, 3.05) is 26.4 Å². The summed E-state index contributed by atoms with van der Waals surface area (Å²) >= 11 is 0. The SMILES string of the molecule is CCOC1(c2ccccc2)O[C@@H]2[C@H](O1)[C@H](O[C@H]1[C@@H]3OC(OCC)(c4ccccc4)O[C@@H]3[C@H](OCc3ccccc3)O[C@@H]1COC(=O)c1ccccc1)O[C@@H]1CO[C@@H](c3ccccc3)O[C@@H]21. The first-order valence-electron chi connectivity index (χ1n) is 22.2. The molecule has 10 rings (SSSR count). The van der Waals surface area contributed by atoms with Gasteiger partial charge in [-0.15, -0.1) is 0 Å². The quantitative estimate of drug-likeness (QED) is 0.0975. The summed E-state index contributed by atoms with van der Waals surface area (Å²) in [4.78, 5) is 13.6. The van der Waals surface area contributed by atoms with Crippen LogP contribution in [0.1, 0.15) is 52.7 Å². The minimum absolute atomic E-state index is 0.144. The predicted molar refractivity (Wildman–Crippen MR) is 229 cm³/mol. The van der Waals surface area contributed by atoms with E-state index in [2.05, 4.69) is 0 Å². The third-order valence-corrected chi connectivity index (χ3v) is 12.0. The minimum atomic E-state index is -1.69. The van der Waals surface area contributed by atoms with Crippen molar-refractivity contribution in [2.24, 2.45) is 0 Å². The number of ether oxygens (including phenoxy) is 13. The van der Waals surface area contributed by atoms with Gasteiger partial charge in [-0.05, 0) is 31.5 Å². The Kier molecular flexibility index (Phi) is 13.2. The third-order valence-electron chi connectivity index (χ3n) is 12.0. The number of esters is 1. The van der Waals surface area contributed by atoms with E-state index in [0.717, 1.165) is 11.1 Å². The summed E-state index contributed by atoms with van der Waals surface area (Å²) in [5, 5.41) is 0. The topological polar surface area (TPSA) is 137 Å². The van der Waals surface area contributed by atoms with Crippen molar-refractivity contribution < 1.29 is 66.4 Å². The van der Waals surface area contributed by atoms with E-state index < -0.39 is 85.6 Å². The van der Waals surface area contributed by atoms with E-state index in [1.807, 2.05) is 141 Å². The Bertz CT molecular complexity index is 2290. The molecule has 0 bridgehead atoms. The Morgan fingerprint density at radius 2 is 1.12 bits per heavy atom. The Hall–Kier alpha value is -4.91. The fourth-order valence-corrected chi connectivity index (χ4v) is 9.00. The van der Waals surface area contributed by atoms with Crippen LogP contribution in [0.15, 0.2) is 152 Å². The number of fused-ring (bicyclic) bond motifs is 4.